The Kier molecular flexibility index (Phi) is 13.5. The monoisotopic (exact) mass is 1090 g/mol. The van der Waals surface area contributed by atoms with Gasteiger partial charge in [-0.1, -0.05) is 198 Å². The summed E-state index contributed by atoms with van der Waals surface area (Å²) in [4.78, 5) is 5.83. The fourth-order valence-electron chi connectivity index (χ4n) is 9.22. The molecule has 7 rings (SSSR count). The van der Waals surface area contributed by atoms with Crippen molar-refractivity contribution in [2.75, 3.05) is 0 Å². The smallest absolute Gasteiger partial charge is 0.354 e. The Bertz CT molecular complexity index is 2840. The highest BCUT2D eigenvalue weighted by Gasteiger charge is 2.37. The van der Waals surface area contributed by atoms with E-state index >= 15 is 4.32 Å². The fourth-order valence-corrected chi connectivity index (χ4v) is 11.4. The molecule has 0 fully saturated rings. The van der Waals surface area contributed by atoms with E-state index in [-0.39, 0.29) is 21.7 Å². The number of allylic oxidation sites excluding steroid dienone is 2. The van der Waals surface area contributed by atoms with Crippen LogP contribution >= 0.6 is 45.2 Å². The van der Waals surface area contributed by atoms with Crippen molar-refractivity contribution in [1.29, 1.82) is 0 Å². The maximum Gasteiger partial charge on any atom is 0.462 e. The molecule has 6 aromatic rings. The number of halogens is 3. The van der Waals surface area contributed by atoms with Crippen molar-refractivity contribution < 1.29 is 4.32 Å². The number of hydrogen-bond acceptors (Lipinski definition) is 1. The van der Waals surface area contributed by atoms with Crippen LogP contribution in [0.4, 0.5) is 4.32 Å². The van der Waals surface area contributed by atoms with E-state index < -0.39 is 7.12 Å². The Morgan fingerprint density at radius 2 is 0.908 bits per heavy atom. The van der Waals surface area contributed by atoms with Crippen molar-refractivity contribution in [2.45, 2.75) is 132 Å². The Labute approximate surface area is 417 Å². The second-order valence-electron chi connectivity index (χ2n) is 22.3. The average molecular weight is 1090 g/mol. The Morgan fingerprint density at radius 3 is 1.29 bits per heavy atom. The van der Waals surface area contributed by atoms with Gasteiger partial charge in [0.15, 0.2) is 0 Å². The lowest BCUT2D eigenvalue weighted by Gasteiger charge is -2.24. The first kappa shape index (κ1) is 48.9. The molecule has 0 saturated carbocycles. The highest BCUT2D eigenvalue weighted by atomic mass is 127. The van der Waals surface area contributed by atoms with Gasteiger partial charge in [0, 0.05) is 29.4 Å². The zero-order valence-corrected chi connectivity index (χ0v) is 45.8. The van der Waals surface area contributed by atoms with Crippen molar-refractivity contribution in [3.63, 3.8) is 0 Å². The first-order chi connectivity index (χ1) is 30.2. The summed E-state index contributed by atoms with van der Waals surface area (Å²) in [6.45, 7) is 35.2. The molecule has 2 nitrogen and oxygen atoms in total. The van der Waals surface area contributed by atoms with Crippen LogP contribution in [0, 0.1) is 24.3 Å². The highest BCUT2D eigenvalue weighted by Crippen LogP contribution is 2.51. The largest absolute Gasteiger partial charge is 0.462 e. The molecule has 1 aliphatic heterocycles. The van der Waals surface area contributed by atoms with Gasteiger partial charge in [-0.2, -0.15) is 0 Å². The average Bonchev–Trinajstić information content (AvgIpc) is 3.71. The van der Waals surface area contributed by atoms with E-state index in [1.165, 1.54) is 27.8 Å². The molecule has 0 N–H and O–H groups in total. The zero-order chi connectivity index (χ0) is 47.7. The molecule has 0 saturated heterocycles. The fraction of sp³-hybridized carbons (Fsp3) is 0.339. The molecule has 1 aliphatic rings. The molecule has 336 valence electrons. The molecule has 1 aromatic heterocycles. The molecule has 5 aromatic carbocycles. The Morgan fingerprint density at radius 1 is 0.538 bits per heavy atom. The molecule has 0 radical (unpaired) electrons. The second-order valence-corrected chi connectivity index (χ2v) is 24.4. The number of aromatic nitrogens is 1. The zero-order valence-electron chi connectivity index (χ0n) is 41.5. The van der Waals surface area contributed by atoms with E-state index in [1.54, 1.807) is 6.82 Å². The number of aliphatic imine (C=N–C) groups is 1. The lowest BCUT2D eigenvalue weighted by Crippen LogP contribution is -2.20. The van der Waals surface area contributed by atoms with Crippen LogP contribution in [0.2, 0.25) is 6.82 Å². The number of aryl methyl sites for hydroxylation is 3. The summed E-state index contributed by atoms with van der Waals surface area (Å²) in [6.07, 6.45) is 0. The second kappa shape index (κ2) is 17.9. The van der Waals surface area contributed by atoms with Crippen LogP contribution in [-0.4, -0.2) is 17.3 Å². The van der Waals surface area contributed by atoms with E-state index in [0.29, 0.717) is 0 Å². The number of benzene rings is 5. The van der Waals surface area contributed by atoms with Crippen LogP contribution in [0.15, 0.2) is 123 Å². The van der Waals surface area contributed by atoms with E-state index in [9.17, 15) is 0 Å². The van der Waals surface area contributed by atoms with Gasteiger partial charge in [0.1, 0.15) is 0 Å². The maximum absolute atomic E-state index is 17.5. The minimum Gasteiger partial charge on any atom is -0.354 e. The molecule has 0 bridgehead atoms. The summed E-state index contributed by atoms with van der Waals surface area (Å²) in [5.74, 6) is 0. The third kappa shape index (κ3) is 9.73. The third-order valence-electron chi connectivity index (χ3n) is 12.9. The van der Waals surface area contributed by atoms with Gasteiger partial charge in [-0.3, -0.25) is 0 Å². The van der Waals surface area contributed by atoms with Crippen molar-refractivity contribution in [2.24, 2.45) is 4.99 Å². The summed E-state index contributed by atoms with van der Waals surface area (Å²) >= 11 is 5.05. The van der Waals surface area contributed by atoms with Gasteiger partial charge in [-0.05, 0) is 150 Å². The molecule has 6 heteroatoms. The molecule has 0 unspecified atom stereocenters. The third-order valence-corrected chi connectivity index (χ3v) is 15.0. The van der Waals surface area contributed by atoms with E-state index in [0.717, 1.165) is 85.6 Å². The molecule has 0 amide bonds. The van der Waals surface area contributed by atoms with Crippen molar-refractivity contribution in [3.05, 3.63) is 183 Å². The molecule has 0 atom stereocenters. The quantitative estimate of drug-likeness (QED) is 0.112. The van der Waals surface area contributed by atoms with Gasteiger partial charge in [0.25, 0.3) is 0 Å². The standard InChI is InChI=1S/C59H66BFI2N2/c1-35-33-36(2)46(37(3)34-35)49(53-47(38-17-25-42(26-18-38)56(4,5)6)50(62)52(64-53)40-21-29-44(30-22-40)58(10,11)12)55-48(39-19-27-43(28-20-39)57(7,8)9)51(63)54(65(55)60(16)61)41-23-31-45(32-24-41)59(13,14)15/h17-34H,1-16H3/b53-49-. The van der Waals surface area contributed by atoms with Gasteiger partial charge < -0.3 is 8.79 Å². The topological polar surface area (TPSA) is 17.3 Å². The van der Waals surface area contributed by atoms with E-state index in [4.69, 9.17) is 4.99 Å². The normalized spacial score (nSPS) is 14.6. The maximum atomic E-state index is 17.5. The van der Waals surface area contributed by atoms with Crippen LogP contribution in [-0.2, 0) is 21.7 Å². The van der Waals surface area contributed by atoms with Gasteiger partial charge in [0.05, 0.1) is 22.8 Å². The lowest BCUT2D eigenvalue weighted by atomic mass is 9.82. The van der Waals surface area contributed by atoms with Gasteiger partial charge >= 0.3 is 7.12 Å². The lowest BCUT2D eigenvalue weighted by molar-refractivity contribution is 0.590. The first-order valence-corrected chi connectivity index (χ1v) is 25.2. The minimum absolute atomic E-state index is 0.00949. The van der Waals surface area contributed by atoms with Crippen LogP contribution in [0.5, 0.6) is 0 Å². The SMILES string of the molecule is CB(F)n1c(/C(=C2\N=C(c3ccc(C(C)(C)C)cc3)C(I)=C2c2ccc(C(C)(C)C)cc2)c2c(C)cc(C)cc2C)c(-c2ccc(C(C)(C)C)cc2)c(I)c1-c1ccc(C(C)(C)C)cc1. The predicted molar refractivity (Wildman–Crippen MR) is 298 cm³/mol. The summed E-state index contributed by atoms with van der Waals surface area (Å²) in [5, 5.41) is 0. The molecule has 65 heavy (non-hydrogen) atoms. The molecule has 0 aliphatic carbocycles. The Balaban J connectivity index is 1.70. The van der Waals surface area contributed by atoms with Gasteiger partial charge in [0.2, 0.25) is 0 Å². The number of rotatable bonds is 7. The number of nitrogens with zero attached hydrogens (tertiary/aromatic N) is 2. The van der Waals surface area contributed by atoms with Crippen molar-refractivity contribution >= 4 is 69.2 Å². The van der Waals surface area contributed by atoms with Crippen LogP contribution in [0.1, 0.15) is 144 Å². The summed E-state index contributed by atoms with van der Waals surface area (Å²) in [7, 11) is -1.38. The van der Waals surface area contributed by atoms with Crippen LogP contribution in [0.3, 0.4) is 0 Å². The summed E-state index contributed by atoms with van der Waals surface area (Å²) < 4.78 is 21.5. The summed E-state index contributed by atoms with van der Waals surface area (Å²) in [5.41, 5.74) is 20.1. The number of hydrogen-bond donors (Lipinski definition) is 0. The molecular weight excluding hydrogens is 1020 g/mol. The highest BCUT2D eigenvalue weighted by molar-refractivity contribution is 14.1. The Hall–Kier alpha value is -4.02. The van der Waals surface area contributed by atoms with Gasteiger partial charge in [-0.15, -0.1) is 0 Å². The first-order valence-electron chi connectivity index (χ1n) is 23.0. The van der Waals surface area contributed by atoms with Gasteiger partial charge in [-0.25, -0.2) is 4.99 Å². The molecular formula is C59H66BFI2N2. The molecule has 2 heterocycles. The van der Waals surface area contributed by atoms with Crippen LogP contribution in [0.25, 0.3) is 33.5 Å². The van der Waals surface area contributed by atoms with Crippen LogP contribution < -0.4 is 0 Å². The van der Waals surface area contributed by atoms with E-state index in [1.807, 2.05) is 4.48 Å². The minimum atomic E-state index is -1.38. The summed E-state index contributed by atoms with van der Waals surface area (Å²) in [6, 6.07) is 40.3. The van der Waals surface area contributed by atoms with Crippen molar-refractivity contribution in [3.8, 4) is 22.4 Å². The predicted octanol–water partition coefficient (Wildman–Crippen LogP) is 17.6. The van der Waals surface area contributed by atoms with E-state index in [2.05, 4.69) is 258 Å². The molecule has 0 spiro atoms. The van der Waals surface area contributed by atoms with Crippen molar-refractivity contribution in [1.82, 2.24) is 4.48 Å².